The van der Waals surface area contributed by atoms with Gasteiger partial charge in [0.1, 0.15) is 0 Å². The van der Waals surface area contributed by atoms with Crippen LogP contribution < -0.4 is 5.32 Å². The molecule has 7 heteroatoms. The zero-order chi connectivity index (χ0) is 24.7. The maximum atomic E-state index is 12.9. The predicted octanol–water partition coefficient (Wildman–Crippen LogP) is 5.74. The van der Waals surface area contributed by atoms with Crippen molar-refractivity contribution in [3.63, 3.8) is 0 Å². The van der Waals surface area contributed by atoms with Crippen molar-refractivity contribution in [1.29, 1.82) is 0 Å². The number of H-pyrrole nitrogens is 1. The Bertz CT molecular complexity index is 1500. The average molecular weight is 493 g/mol. The predicted molar refractivity (Wildman–Crippen MR) is 144 cm³/mol. The Kier molecular flexibility index (Phi) is 7.21. The summed E-state index contributed by atoms with van der Waals surface area (Å²) in [6.45, 7) is 0.136. The molecule has 178 valence electrons. The number of pyridine rings is 1. The Morgan fingerprint density at radius 2 is 1.78 bits per heavy atom. The summed E-state index contributed by atoms with van der Waals surface area (Å²) < 4.78 is 0. The molecule has 0 saturated carbocycles. The Hall–Kier alpha value is -4.20. The molecule has 2 heterocycles. The summed E-state index contributed by atoms with van der Waals surface area (Å²) in [5.41, 5.74) is 3.94. The molecule has 0 aliphatic carbocycles. The van der Waals surface area contributed by atoms with E-state index in [0.29, 0.717) is 5.56 Å². The van der Waals surface area contributed by atoms with Crippen molar-refractivity contribution in [1.82, 2.24) is 20.5 Å². The van der Waals surface area contributed by atoms with Gasteiger partial charge in [0.05, 0.1) is 28.6 Å². The summed E-state index contributed by atoms with van der Waals surface area (Å²) >= 11 is 1.51. The standard InChI is InChI=1S/C29H24N4O2S/c34-27(20-8-2-1-3-9-20)19-31-29(35)24-11-4-5-12-28(24)36-22-14-15-23-25(32-33-26(23)18-22)16-13-21-10-6-7-17-30-21/h1-18,27,34H,19H2,(H,31,35)(H,32,33)/b16-13+/t27-/m0/s1. The number of fused-ring (bicyclic) bond motifs is 1. The number of amides is 1. The summed E-state index contributed by atoms with van der Waals surface area (Å²) in [6, 6.07) is 28.6. The van der Waals surface area contributed by atoms with Gasteiger partial charge in [0.2, 0.25) is 0 Å². The number of carbonyl (C=O) groups is 1. The molecule has 6 nitrogen and oxygen atoms in total. The van der Waals surface area contributed by atoms with E-state index in [4.69, 9.17) is 0 Å². The topological polar surface area (TPSA) is 90.9 Å². The minimum absolute atomic E-state index is 0.136. The van der Waals surface area contributed by atoms with Crippen molar-refractivity contribution in [3.8, 4) is 0 Å². The van der Waals surface area contributed by atoms with Crippen molar-refractivity contribution >= 4 is 40.7 Å². The Balaban J connectivity index is 1.29. The molecule has 3 N–H and O–H groups in total. The van der Waals surface area contributed by atoms with Gasteiger partial charge >= 0.3 is 0 Å². The number of aromatic amines is 1. The lowest BCUT2D eigenvalue weighted by atomic mass is 10.1. The number of aromatic nitrogens is 3. The van der Waals surface area contributed by atoms with E-state index in [-0.39, 0.29) is 12.5 Å². The zero-order valence-corrected chi connectivity index (χ0v) is 20.2. The van der Waals surface area contributed by atoms with Crippen LogP contribution in [0.15, 0.2) is 107 Å². The maximum Gasteiger partial charge on any atom is 0.252 e. The first-order valence-electron chi connectivity index (χ1n) is 11.5. The second-order valence-corrected chi connectivity index (χ2v) is 9.25. The van der Waals surface area contributed by atoms with Crippen molar-refractivity contribution in [2.24, 2.45) is 0 Å². The third kappa shape index (κ3) is 5.54. The van der Waals surface area contributed by atoms with Gasteiger partial charge in [0, 0.05) is 27.9 Å². The smallest absolute Gasteiger partial charge is 0.252 e. The Labute approximate surface area is 213 Å². The summed E-state index contributed by atoms with van der Waals surface area (Å²) in [7, 11) is 0. The monoisotopic (exact) mass is 492 g/mol. The maximum absolute atomic E-state index is 12.9. The van der Waals surface area contributed by atoms with Gasteiger partial charge in [-0.2, -0.15) is 5.10 Å². The van der Waals surface area contributed by atoms with Gasteiger partial charge < -0.3 is 10.4 Å². The normalized spacial score (nSPS) is 12.1. The molecule has 0 saturated heterocycles. The fourth-order valence-electron chi connectivity index (χ4n) is 3.80. The molecule has 0 fully saturated rings. The number of aliphatic hydroxyl groups is 1. The van der Waals surface area contributed by atoms with Crippen LogP contribution in [0.3, 0.4) is 0 Å². The van der Waals surface area contributed by atoms with Crippen LogP contribution in [0.2, 0.25) is 0 Å². The number of nitrogens with one attached hydrogen (secondary N) is 2. The first-order chi connectivity index (χ1) is 17.7. The van der Waals surface area contributed by atoms with E-state index in [1.54, 1.807) is 12.3 Å². The van der Waals surface area contributed by atoms with E-state index in [1.807, 2.05) is 97.1 Å². The van der Waals surface area contributed by atoms with E-state index in [9.17, 15) is 9.90 Å². The molecule has 36 heavy (non-hydrogen) atoms. The van der Waals surface area contributed by atoms with Gasteiger partial charge in [0.15, 0.2) is 0 Å². The zero-order valence-electron chi connectivity index (χ0n) is 19.3. The van der Waals surface area contributed by atoms with E-state index in [0.717, 1.165) is 37.6 Å². The van der Waals surface area contributed by atoms with E-state index < -0.39 is 6.10 Å². The first-order valence-corrected chi connectivity index (χ1v) is 12.3. The summed E-state index contributed by atoms with van der Waals surface area (Å²) in [4.78, 5) is 19.1. The van der Waals surface area contributed by atoms with Gasteiger partial charge in [-0.25, -0.2) is 0 Å². The Morgan fingerprint density at radius 1 is 0.972 bits per heavy atom. The second kappa shape index (κ2) is 11.0. The lowest BCUT2D eigenvalue weighted by Crippen LogP contribution is -2.28. The third-order valence-corrected chi connectivity index (χ3v) is 6.73. The van der Waals surface area contributed by atoms with Gasteiger partial charge in [0.25, 0.3) is 5.91 Å². The molecule has 0 bridgehead atoms. The molecule has 3 aromatic carbocycles. The van der Waals surface area contributed by atoms with Crippen LogP contribution in [0, 0.1) is 0 Å². The molecular formula is C29H24N4O2S. The number of nitrogens with zero attached hydrogens (tertiary/aromatic N) is 2. The number of carbonyl (C=O) groups excluding carboxylic acids is 1. The molecule has 2 aromatic heterocycles. The summed E-state index contributed by atoms with van der Waals surface area (Å²) in [5.74, 6) is -0.224. The van der Waals surface area contributed by atoms with Gasteiger partial charge in [-0.05, 0) is 60.2 Å². The van der Waals surface area contributed by atoms with Crippen molar-refractivity contribution in [3.05, 3.63) is 120 Å². The highest BCUT2D eigenvalue weighted by Gasteiger charge is 2.15. The van der Waals surface area contributed by atoms with Crippen molar-refractivity contribution < 1.29 is 9.90 Å². The lowest BCUT2D eigenvalue weighted by molar-refractivity contribution is 0.0913. The number of rotatable bonds is 8. The molecule has 5 rings (SSSR count). The third-order valence-electron chi connectivity index (χ3n) is 5.66. The van der Waals surface area contributed by atoms with E-state index >= 15 is 0 Å². The number of hydrogen-bond acceptors (Lipinski definition) is 5. The highest BCUT2D eigenvalue weighted by Crippen LogP contribution is 2.33. The highest BCUT2D eigenvalue weighted by atomic mass is 32.2. The molecule has 0 unspecified atom stereocenters. The number of hydrogen-bond donors (Lipinski definition) is 3. The average Bonchev–Trinajstić information content (AvgIpc) is 3.34. The fraction of sp³-hybridized carbons (Fsp3) is 0.0690. The van der Waals surface area contributed by atoms with E-state index in [2.05, 4.69) is 20.5 Å². The lowest BCUT2D eigenvalue weighted by Gasteiger charge is -2.14. The van der Waals surface area contributed by atoms with Crippen molar-refractivity contribution in [2.75, 3.05) is 6.54 Å². The van der Waals surface area contributed by atoms with Crippen molar-refractivity contribution in [2.45, 2.75) is 15.9 Å². The second-order valence-electron chi connectivity index (χ2n) is 8.14. The van der Waals surface area contributed by atoms with Crippen LogP contribution >= 0.6 is 11.8 Å². The van der Waals surface area contributed by atoms with Crippen LogP contribution in [0.1, 0.15) is 33.4 Å². The Morgan fingerprint density at radius 3 is 2.61 bits per heavy atom. The first kappa shape index (κ1) is 23.5. The molecule has 5 aromatic rings. The van der Waals surface area contributed by atoms with Crippen LogP contribution in [0.25, 0.3) is 23.1 Å². The molecule has 1 amide bonds. The summed E-state index contributed by atoms with van der Waals surface area (Å²) in [5, 5.41) is 21.8. The highest BCUT2D eigenvalue weighted by molar-refractivity contribution is 7.99. The number of aliphatic hydroxyl groups excluding tert-OH is 1. The summed E-state index contributed by atoms with van der Waals surface area (Å²) in [6.07, 6.45) is 4.87. The minimum atomic E-state index is -0.765. The minimum Gasteiger partial charge on any atom is -0.387 e. The SMILES string of the molecule is O=C(NC[C@H](O)c1ccccc1)c1ccccc1Sc1ccc2c(/C=C/c3ccccn3)n[nH]c2c1. The van der Waals surface area contributed by atoms with Crippen LogP contribution in [-0.4, -0.2) is 32.7 Å². The van der Waals surface area contributed by atoms with Gasteiger partial charge in [-0.3, -0.25) is 14.9 Å². The molecular weight excluding hydrogens is 468 g/mol. The molecule has 0 radical (unpaired) electrons. The molecule has 0 aliphatic heterocycles. The quantitative estimate of drug-likeness (QED) is 0.257. The number of benzene rings is 3. The molecule has 0 aliphatic rings. The van der Waals surface area contributed by atoms with Gasteiger partial charge in [-0.15, -0.1) is 0 Å². The fourth-order valence-corrected chi connectivity index (χ4v) is 4.78. The molecule has 0 spiro atoms. The van der Waals surface area contributed by atoms with Crippen LogP contribution in [-0.2, 0) is 0 Å². The van der Waals surface area contributed by atoms with Crippen LogP contribution in [0.5, 0.6) is 0 Å². The molecule has 1 atom stereocenters. The van der Waals surface area contributed by atoms with Gasteiger partial charge in [-0.1, -0.05) is 60.3 Å². The van der Waals surface area contributed by atoms with Crippen LogP contribution in [0.4, 0.5) is 0 Å². The van der Waals surface area contributed by atoms with E-state index in [1.165, 1.54) is 11.8 Å². The largest absolute Gasteiger partial charge is 0.387 e.